The summed E-state index contributed by atoms with van der Waals surface area (Å²) in [6, 6.07) is 14.1. The lowest BCUT2D eigenvalue weighted by Gasteiger charge is -2.16. The van der Waals surface area contributed by atoms with E-state index in [4.69, 9.17) is 10.1 Å². The van der Waals surface area contributed by atoms with Gasteiger partial charge in [0.05, 0.1) is 29.8 Å². The number of carboxylic acids is 1. The second-order valence-electron chi connectivity index (χ2n) is 8.00. The molecule has 1 aliphatic carbocycles. The van der Waals surface area contributed by atoms with E-state index in [2.05, 4.69) is 0 Å². The lowest BCUT2D eigenvalue weighted by Crippen LogP contribution is -2.19. The van der Waals surface area contributed by atoms with E-state index in [0.717, 1.165) is 46.1 Å². The van der Waals surface area contributed by atoms with Gasteiger partial charge in [-0.1, -0.05) is 42.5 Å². The summed E-state index contributed by atoms with van der Waals surface area (Å²) in [7, 11) is 0. The van der Waals surface area contributed by atoms with Gasteiger partial charge in [0.2, 0.25) is 0 Å². The molecular weight excluding hydrogens is 397 g/mol. The molecule has 31 heavy (non-hydrogen) atoms. The van der Waals surface area contributed by atoms with Crippen LogP contribution < -0.4 is 0 Å². The molecule has 4 rings (SSSR count). The van der Waals surface area contributed by atoms with E-state index < -0.39 is 24.6 Å². The van der Waals surface area contributed by atoms with Crippen LogP contribution in [0.25, 0.3) is 28.1 Å². The van der Waals surface area contributed by atoms with Crippen LogP contribution in [-0.4, -0.2) is 38.5 Å². The maximum absolute atomic E-state index is 13.6. The van der Waals surface area contributed by atoms with Crippen LogP contribution in [0.1, 0.15) is 42.9 Å². The van der Waals surface area contributed by atoms with Gasteiger partial charge >= 0.3 is 5.97 Å². The summed E-state index contributed by atoms with van der Waals surface area (Å²) >= 11 is 0. The zero-order valence-electron chi connectivity index (χ0n) is 16.9. The van der Waals surface area contributed by atoms with Crippen LogP contribution in [0.4, 0.5) is 4.39 Å². The van der Waals surface area contributed by atoms with Crippen molar-refractivity contribution >= 4 is 22.9 Å². The maximum Gasteiger partial charge on any atom is 0.305 e. The molecule has 0 saturated heterocycles. The molecule has 3 aromatic rings. The first-order valence-corrected chi connectivity index (χ1v) is 10.4. The number of benzene rings is 2. The smallest absolute Gasteiger partial charge is 0.305 e. The third-order valence-corrected chi connectivity index (χ3v) is 5.47. The van der Waals surface area contributed by atoms with Crippen LogP contribution in [0.15, 0.2) is 54.6 Å². The van der Waals surface area contributed by atoms with Crippen LogP contribution in [0, 0.1) is 5.82 Å². The minimum atomic E-state index is -1.13. The zero-order chi connectivity index (χ0) is 22.0. The summed E-state index contributed by atoms with van der Waals surface area (Å²) in [4.78, 5) is 15.6. The first-order valence-electron chi connectivity index (χ1n) is 10.4. The predicted octanol–water partition coefficient (Wildman–Crippen LogP) is 4.52. The summed E-state index contributed by atoms with van der Waals surface area (Å²) in [5.41, 5.74) is 4.43. The Morgan fingerprint density at radius 3 is 2.52 bits per heavy atom. The standard InChI is InChI=1S/C25H24FNO4/c26-17-9-7-15(8-10-17)24-20-3-1-2-4-22(20)27-25(16-5-6-16)21(24)12-11-18(28)13-19(29)14-23(30)31/h1-4,7-12,16,18-19,28-29H,5-6,13-14H2,(H,30,31)/b12-11+/t18-,19+/m1/s1. The van der Waals surface area contributed by atoms with Crippen molar-refractivity contribution in [1.29, 1.82) is 0 Å². The fraction of sp³-hybridized carbons (Fsp3) is 0.280. The third-order valence-electron chi connectivity index (χ3n) is 5.47. The minimum Gasteiger partial charge on any atom is -0.481 e. The monoisotopic (exact) mass is 421 g/mol. The van der Waals surface area contributed by atoms with Crippen LogP contribution in [-0.2, 0) is 4.79 Å². The number of aromatic nitrogens is 1. The van der Waals surface area contributed by atoms with Crippen LogP contribution in [0.2, 0.25) is 0 Å². The fourth-order valence-corrected chi connectivity index (χ4v) is 3.86. The van der Waals surface area contributed by atoms with Crippen molar-refractivity contribution in [3.05, 3.63) is 71.7 Å². The van der Waals surface area contributed by atoms with E-state index >= 15 is 0 Å². The van der Waals surface area contributed by atoms with Gasteiger partial charge in [0.15, 0.2) is 0 Å². The number of aliphatic hydroxyl groups is 2. The van der Waals surface area contributed by atoms with Gasteiger partial charge < -0.3 is 15.3 Å². The summed E-state index contributed by atoms with van der Waals surface area (Å²) in [6.45, 7) is 0. The normalized spacial score (nSPS) is 16.0. The van der Waals surface area contributed by atoms with Crippen LogP contribution >= 0.6 is 0 Å². The number of carbonyl (C=O) groups is 1. The highest BCUT2D eigenvalue weighted by Crippen LogP contribution is 2.45. The number of para-hydroxylation sites is 1. The van der Waals surface area contributed by atoms with Crippen LogP contribution in [0.3, 0.4) is 0 Å². The molecule has 0 radical (unpaired) electrons. The number of halogens is 1. The number of aliphatic hydroxyl groups excluding tert-OH is 2. The summed E-state index contributed by atoms with van der Waals surface area (Å²) in [5.74, 6) is -1.10. The summed E-state index contributed by atoms with van der Waals surface area (Å²) in [6.07, 6.45) is 2.80. The molecule has 1 fully saturated rings. The van der Waals surface area contributed by atoms with E-state index in [9.17, 15) is 19.4 Å². The molecule has 0 amide bonds. The highest BCUT2D eigenvalue weighted by Gasteiger charge is 2.29. The van der Waals surface area contributed by atoms with Crippen molar-refractivity contribution in [3.8, 4) is 11.1 Å². The Morgan fingerprint density at radius 1 is 1.13 bits per heavy atom. The van der Waals surface area contributed by atoms with Gasteiger partial charge in [-0.15, -0.1) is 0 Å². The van der Waals surface area contributed by atoms with Gasteiger partial charge in [-0.3, -0.25) is 9.78 Å². The second-order valence-corrected chi connectivity index (χ2v) is 8.00. The number of pyridine rings is 1. The molecule has 1 aliphatic rings. The van der Waals surface area contributed by atoms with Gasteiger partial charge in [0, 0.05) is 28.9 Å². The number of fused-ring (bicyclic) bond motifs is 1. The molecule has 1 heterocycles. The number of nitrogens with zero attached hydrogens (tertiary/aromatic N) is 1. The van der Waals surface area contributed by atoms with Crippen molar-refractivity contribution in [1.82, 2.24) is 4.98 Å². The number of aliphatic carboxylic acids is 1. The SMILES string of the molecule is O=C(O)C[C@@H](O)C[C@H](O)/C=C/c1c(C2CC2)nc2ccccc2c1-c1ccc(F)cc1. The maximum atomic E-state index is 13.6. The largest absolute Gasteiger partial charge is 0.481 e. The molecule has 0 unspecified atom stereocenters. The van der Waals surface area contributed by atoms with E-state index in [1.807, 2.05) is 24.3 Å². The molecule has 0 aliphatic heterocycles. The molecule has 5 nitrogen and oxygen atoms in total. The van der Waals surface area contributed by atoms with Crippen LogP contribution in [0.5, 0.6) is 0 Å². The van der Waals surface area contributed by atoms with E-state index in [1.165, 1.54) is 12.1 Å². The molecule has 3 N–H and O–H groups in total. The van der Waals surface area contributed by atoms with Gasteiger partial charge in [0.1, 0.15) is 5.82 Å². The number of hydrogen-bond acceptors (Lipinski definition) is 4. The first-order chi connectivity index (χ1) is 14.9. The molecule has 0 bridgehead atoms. The average Bonchev–Trinajstić information content (AvgIpc) is 3.56. The van der Waals surface area contributed by atoms with Gasteiger partial charge in [0.25, 0.3) is 0 Å². The highest BCUT2D eigenvalue weighted by molar-refractivity contribution is 5.99. The quantitative estimate of drug-likeness (QED) is 0.498. The molecule has 1 saturated carbocycles. The lowest BCUT2D eigenvalue weighted by atomic mass is 9.92. The Labute approximate surface area is 179 Å². The average molecular weight is 421 g/mol. The molecule has 1 aromatic heterocycles. The Morgan fingerprint density at radius 2 is 1.84 bits per heavy atom. The topological polar surface area (TPSA) is 90.7 Å². The summed E-state index contributed by atoms with van der Waals surface area (Å²) in [5, 5.41) is 29.9. The van der Waals surface area contributed by atoms with Crippen molar-refractivity contribution in [3.63, 3.8) is 0 Å². The first kappa shape index (κ1) is 21.2. The van der Waals surface area contributed by atoms with Gasteiger partial charge in [-0.25, -0.2) is 4.39 Å². The van der Waals surface area contributed by atoms with E-state index in [1.54, 1.807) is 24.3 Å². The Balaban J connectivity index is 1.79. The van der Waals surface area contributed by atoms with Crippen molar-refractivity contribution < 1.29 is 24.5 Å². The Kier molecular flexibility index (Phi) is 6.11. The number of rotatable bonds is 8. The van der Waals surface area contributed by atoms with Crippen molar-refractivity contribution in [2.75, 3.05) is 0 Å². The fourth-order valence-electron chi connectivity index (χ4n) is 3.86. The predicted molar refractivity (Wildman–Crippen MR) is 117 cm³/mol. The van der Waals surface area contributed by atoms with Crippen molar-refractivity contribution in [2.24, 2.45) is 0 Å². The zero-order valence-corrected chi connectivity index (χ0v) is 16.9. The molecule has 2 atom stereocenters. The van der Waals surface area contributed by atoms with Gasteiger partial charge in [-0.2, -0.15) is 0 Å². The van der Waals surface area contributed by atoms with E-state index in [0.29, 0.717) is 5.92 Å². The Hall–Kier alpha value is -3.09. The molecule has 6 heteroatoms. The summed E-state index contributed by atoms with van der Waals surface area (Å²) < 4.78 is 13.6. The van der Waals surface area contributed by atoms with Gasteiger partial charge in [-0.05, 0) is 36.6 Å². The third kappa shape index (κ3) is 4.98. The molecule has 0 spiro atoms. The second kappa shape index (κ2) is 8.96. The minimum absolute atomic E-state index is 0.0749. The molecule has 160 valence electrons. The lowest BCUT2D eigenvalue weighted by molar-refractivity contribution is -0.139. The molecular formula is C25H24FNO4. The van der Waals surface area contributed by atoms with Crippen molar-refractivity contribution in [2.45, 2.75) is 43.8 Å². The Bertz CT molecular complexity index is 1120. The molecule has 2 aromatic carbocycles. The van der Waals surface area contributed by atoms with E-state index in [-0.39, 0.29) is 12.2 Å². The highest BCUT2D eigenvalue weighted by atomic mass is 19.1. The number of hydrogen-bond donors (Lipinski definition) is 3. The number of carboxylic acid groups (broad SMARTS) is 1.